The molecule has 1 aliphatic carbocycles. The van der Waals surface area contributed by atoms with Crippen molar-refractivity contribution in [3.63, 3.8) is 0 Å². The first kappa shape index (κ1) is 13.2. The summed E-state index contributed by atoms with van der Waals surface area (Å²) in [4.78, 5) is 18.3. The number of aldehydes is 1. The molecule has 3 rings (SSSR count). The highest BCUT2D eigenvalue weighted by Gasteiger charge is 2.26. The van der Waals surface area contributed by atoms with Crippen molar-refractivity contribution in [1.82, 2.24) is 9.38 Å². The lowest BCUT2D eigenvalue weighted by molar-refractivity contribution is 0.111. The Morgan fingerprint density at radius 3 is 3.00 bits per heavy atom. The molecule has 2 aromatic rings. The Hall–Kier alpha value is -1.84. The van der Waals surface area contributed by atoms with E-state index in [0.29, 0.717) is 11.7 Å². The Kier molecular flexibility index (Phi) is 3.47. The van der Waals surface area contributed by atoms with Crippen LogP contribution in [0.15, 0.2) is 24.4 Å². The van der Waals surface area contributed by atoms with E-state index in [9.17, 15) is 4.79 Å². The van der Waals surface area contributed by atoms with Gasteiger partial charge in [0, 0.05) is 19.3 Å². The van der Waals surface area contributed by atoms with Crippen LogP contribution in [0.5, 0.6) is 0 Å². The molecular formula is C16H21N3O. The largest absolute Gasteiger partial charge is 0.355 e. The summed E-state index contributed by atoms with van der Waals surface area (Å²) < 4.78 is 1.87. The molecule has 0 radical (unpaired) electrons. The molecule has 106 valence electrons. The van der Waals surface area contributed by atoms with Crippen LogP contribution >= 0.6 is 0 Å². The number of hydrogen-bond acceptors (Lipinski definition) is 3. The smallest absolute Gasteiger partial charge is 0.170 e. The van der Waals surface area contributed by atoms with Gasteiger partial charge in [-0.15, -0.1) is 0 Å². The molecule has 20 heavy (non-hydrogen) atoms. The van der Waals surface area contributed by atoms with Crippen LogP contribution < -0.4 is 4.90 Å². The first-order valence-electron chi connectivity index (χ1n) is 7.36. The summed E-state index contributed by atoms with van der Waals surface area (Å²) in [6.07, 6.45) is 7.76. The molecule has 0 saturated heterocycles. The molecule has 0 aromatic carbocycles. The highest BCUT2D eigenvalue weighted by Crippen LogP contribution is 2.30. The van der Waals surface area contributed by atoms with Crippen LogP contribution in [0.1, 0.15) is 43.1 Å². The maximum absolute atomic E-state index is 11.5. The van der Waals surface area contributed by atoms with Gasteiger partial charge in [0.2, 0.25) is 0 Å². The molecule has 1 fully saturated rings. The molecule has 0 N–H and O–H groups in total. The second-order valence-corrected chi connectivity index (χ2v) is 5.90. The van der Waals surface area contributed by atoms with E-state index in [4.69, 9.17) is 0 Å². The predicted molar refractivity (Wildman–Crippen MR) is 80.4 cm³/mol. The van der Waals surface area contributed by atoms with E-state index < -0.39 is 0 Å². The van der Waals surface area contributed by atoms with Gasteiger partial charge in [-0.3, -0.25) is 9.20 Å². The zero-order valence-corrected chi connectivity index (χ0v) is 12.1. The third-order valence-corrected chi connectivity index (χ3v) is 4.45. The van der Waals surface area contributed by atoms with Gasteiger partial charge in [-0.2, -0.15) is 0 Å². The van der Waals surface area contributed by atoms with Gasteiger partial charge in [-0.1, -0.05) is 25.8 Å². The molecule has 4 heteroatoms. The summed E-state index contributed by atoms with van der Waals surface area (Å²) in [5.41, 5.74) is 1.49. The summed E-state index contributed by atoms with van der Waals surface area (Å²) in [6.45, 7) is 2.31. The number of carbonyl (C=O) groups is 1. The molecule has 2 unspecified atom stereocenters. The van der Waals surface area contributed by atoms with Gasteiger partial charge in [-0.25, -0.2) is 4.98 Å². The van der Waals surface area contributed by atoms with Crippen LogP contribution in [0.2, 0.25) is 0 Å². The summed E-state index contributed by atoms with van der Waals surface area (Å²) in [7, 11) is 2.07. The Morgan fingerprint density at radius 1 is 1.40 bits per heavy atom. The van der Waals surface area contributed by atoms with Gasteiger partial charge in [-0.05, 0) is 30.9 Å². The number of anilines is 1. The van der Waals surface area contributed by atoms with Crippen LogP contribution in [-0.2, 0) is 0 Å². The van der Waals surface area contributed by atoms with Crippen molar-refractivity contribution < 1.29 is 4.79 Å². The molecular weight excluding hydrogens is 250 g/mol. The minimum atomic E-state index is 0.488. The van der Waals surface area contributed by atoms with Crippen molar-refractivity contribution >= 4 is 17.8 Å². The van der Waals surface area contributed by atoms with Crippen LogP contribution in [0, 0.1) is 5.92 Å². The quantitative estimate of drug-likeness (QED) is 0.805. The molecule has 0 aliphatic heterocycles. The number of imidazole rings is 1. The van der Waals surface area contributed by atoms with E-state index in [-0.39, 0.29) is 0 Å². The molecule has 0 spiro atoms. The lowest BCUT2D eigenvalue weighted by Gasteiger charge is -2.34. The summed E-state index contributed by atoms with van der Waals surface area (Å²) in [5.74, 6) is 1.57. The number of aromatic nitrogens is 2. The van der Waals surface area contributed by atoms with Crippen molar-refractivity contribution in [3.05, 3.63) is 30.1 Å². The van der Waals surface area contributed by atoms with E-state index in [1.807, 2.05) is 28.8 Å². The normalized spacial score (nSPS) is 22.9. The fourth-order valence-corrected chi connectivity index (χ4v) is 3.30. The lowest BCUT2D eigenvalue weighted by atomic mass is 9.86. The molecule has 0 bridgehead atoms. The first-order chi connectivity index (χ1) is 9.70. The average molecular weight is 271 g/mol. The zero-order valence-electron chi connectivity index (χ0n) is 12.1. The van der Waals surface area contributed by atoms with Crippen LogP contribution in [0.25, 0.3) is 5.65 Å². The van der Waals surface area contributed by atoms with Crippen molar-refractivity contribution in [2.45, 2.75) is 38.6 Å². The molecule has 0 amide bonds. The number of nitrogens with zero attached hydrogens (tertiary/aromatic N) is 3. The van der Waals surface area contributed by atoms with Crippen LogP contribution in [0.3, 0.4) is 0 Å². The Bertz CT molecular complexity index is 619. The second kappa shape index (κ2) is 5.27. The number of hydrogen-bond donors (Lipinski definition) is 0. The van der Waals surface area contributed by atoms with E-state index in [1.54, 1.807) is 0 Å². The van der Waals surface area contributed by atoms with Crippen LogP contribution in [0.4, 0.5) is 5.82 Å². The van der Waals surface area contributed by atoms with Gasteiger partial charge in [0.15, 0.2) is 12.1 Å². The third-order valence-electron chi connectivity index (χ3n) is 4.45. The number of pyridine rings is 1. The molecule has 2 atom stereocenters. The minimum Gasteiger partial charge on any atom is -0.355 e. The van der Waals surface area contributed by atoms with Crippen molar-refractivity contribution in [2.75, 3.05) is 11.9 Å². The number of rotatable bonds is 3. The fourth-order valence-electron chi connectivity index (χ4n) is 3.30. The highest BCUT2D eigenvalue weighted by atomic mass is 16.1. The summed E-state index contributed by atoms with van der Waals surface area (Å²) in [6, 6.07) is 6.30. The SMILES string of the molecule is CC1CCCC(N(C)c2nc3ccccn3c2C=O)C1. The molecule has 1 aliphatic rings. The average Bonchev–Trinajstić information content (AvgIpc) is 2.85. The van der Waals surface area contributed by atoms with Gasteiger partial charge in [0.25, 0.3) is 0 Å². The maximum Gasteiger partial charge on any atom is 0.170 e. The van der Waals surface area contributed by atoms with E-state index in [2.05, 4.69) is 23.9 Å². The lowest BCUT2D eigenvalue weighted by Crippen LogP contribution is -2.36. The van der Waals surface area contributed by atoms with Crippen LogP contribution in [-0.4, -0.2) is 28.8 Å². The summed E-state index contributed by atoms with van der Waals surface area (Å²) in [5, 5.41) is 0. The van der Waals surface area contributed by atoms with Gasteiger partial charge >= 0.3 is 0 Å². The maximum atomic E-state index is 11.5. The van der Waals surface area contributed by atoms with E-state index in [1.165, 1.54) is 25.7 Å². The fraction of sp³-hybridized carbons (Fsp3) is 0.500. The zero-order chi connectivity index (χ0) is 14.1. The van der Waals surface area contributed by atoms with E-state index >= 15 is 0 Å². The topological polar surface area (TPSA) is 37.6 Å². The van der Waals surface area contributed by atoms with Crippen molar-refractivity contribution in [1.29, 1.82) is 0 Å². The third kappa shape index (κ3) is 2.19. The van der Waals surface area contributed by atoms with Gasteiger partial charge < -0.3 is 4.90 Å². The monoisotopic (exact) mass is 271 g/mol. The molecule has 2 heterocycles. The van der Waals surface area contributed by atoms with Gasteiger partial charge in [0.05, 0.1) is 0 Å². The first-order valence-corrected chi connectivity index (χ1v) is 7.36. The second-order valence-electron chi connectivity index (χ2n) is 5.90. The molecule has 1 saturated carbocycles. The molecule has 4 nitrogen and oxygen atoms in total. The van der Waals surface area contributed by atoms with Crippen molar-refractivity contribution in [2.24, 2.45) is 5.92 Å². The van der Waals surface area contributed by atoms with Gasteiger partial charge in [0.1, 0.15) is 11.3 Å². The minimum absolute atomic E-state index is 0.488. The number of carbonyl (C=O) groups excluding carboxylic acids is 1. The Morgan fingerprint density at radius 2 is 2.25 bits per heavy atom. The van der Waals surface area contributed by atoms with Crippen molar-refractivity contribution in [3.8, 4) is 0 Å². The van der Waals surface area contributed by atoms with E-state index in [0.717, 1.165) is 23.7 Å². The predicted octanol–water partition coefficient (Wildman–Crippen LogP) is 3.16. The summed E-state index contributed by atoms with van der Waals surface area (Å²) >= 11 is 0. The molecule has 2 aromatic heterocycles. The Labute approximate surface area is 119 Å². The standard InChI is InChI=1S/C16H21N3O/c1-12-6-5-7-13(10-12)18(2)16-14(11-20)19-9-4-3-8-15(19)17-16/h3-4,8-9,11-13H,5-7,10H2,1-2H3. The highest BCUT2D eigenvalue weighted by molar-refractivity contribution is 5.83. The Balaban J connectivity index is 1.98. The number of fused-ring (bicyclic) bond motifs is 1.